The zero-order chi connectivity index (χ0) is 28.4. The molecule has 0 radical (unpaired) electrons. The van der Waals surface area contributed by atoms with Gasteiger partial charge in [-0.1, -0.05) is 129 Å². The molecule has 0 fully saturated rings. The predicted molar refractivity (Wildman–Crippen MR) is 174 cm³/mol. The van der Waals surface area contributed by atoms with Crippen molar-refractivity contribution in [3.63, 3.8) is 0 Å². The lowest BCUT2D eigenvalue weighted by molar-refractivity contribution is -0.892. The molecule has 3 nitrogen and oxygen atoms in total. The Morgan fingerprint density at radius 3 is 0.842 bits per heavy atom. The summed E-state index contributed by atoms with van der Waals surface area (Å²) in [5.41, 5.74) is 0. The van der Waals surface area contributed by atoms with Crippen molar-refractivity contribution in [3.8, 4) is 0 Å². The van der Waals surface area contributed by atoms with Crippen LogP contribution in [0.5, 0.6) is 0 Å². The van der Waals surface area contributed by atoms with Gasteiger partial charge in [0.1, 0.15) is 0 Å². The molecule has 0 aliphatic carbocycles. The van der Waals surface area contributed by atoms with Crippen molar-refractivity contribution in [2.45, 2.75) is 155 Å². The summed E-state index contributed by atoms with van der Waals surface area (Å²) in [6.07, 6.45) is 31.7. The van der Waals surface area contributed by atoms with E-state index in [1.807, 2.05) is 0 Å². The second kappa shape index (κ2) is 25.8. The van der Waals surface area contributed by atoms with Crippen LogP contribution < -0.4 is 0 Å². The fourth-order valence-electron chi connectivity index (χ4n) is 5.63. The average molecular weight is 540 g/mol. The van der Waals surface area contributed by atoms with Crippen molar-refractivity contribution in [2.75, 3.05) is 74.5 Å². The Morgan fingerprint density at radius 1 is 0.342 bits per heavy atom. The number of hydrogen-bond donors (Lipinski definition) is 0. The maximum absolute atomic E-state index is 2.58. The van der Waals surface area contributed by atoms with Gasteiger partial charge in [-0.3, -0.25) is 4.90 Å². The van der Waals surface area contributed by atoms with Gasteiger partial charge in [-0.05, 0) is 32.7 Å². The quantitative estimate of drug-likeness (QED) is 0.0648. The van der Waals surface area contributed by atoms with Crippen molar-refractivity contribution in [1.82, 2.24) is 4.90 Å². The predicted octanol–water partition coefficient (Wildman–Crippen LogP) is 9.69. The number of hydrogen-bond acceptors (Lipinski definition) is 1. The first-order valence-corrected chi connectivity index (χ1v) is 17.5. The molecular formula is C35H77N3+2. The molecule has 0 aliphatic rings. The van der Waals surface area contributed by atoms with Crippen molar-refractivity contribution in [1.29, 1.82) is 0 Å². The molecular weight excluding hydrogens is 462 g/mol. The summed E-state index contributed by atoms with van der Waals surface area (Å²) in [4.78, 5) is 2.58. The van der Waals surface area contributed by atoms with E-state index in [2.05, 4.69) is 54.0 Å². The summed E-state index contributed by atoms with van der Waals surface area (Å²) in [5.74, 6) is 0. The first-order chi connectivity index (χ1) is 18.2. The van der Waals surface area contributed by atoms with E-state index in [9.17, 15) is 0 Å². The molecule has 0 amide bonds. The fraction of sp³-hybridized carbons (Fsp3) is 1.00. The van der Waals surface area contributed by atoms with E-state index >= 15 is 0 Å². The van der Waals surface area contributed by atoms with Gasteiger partial charge in [0.2, 0.25) is 0 Å². The second-order valence-corrected chi connectivity index (χ2v) is 14.1. The molecule has 0 rings (SSSR count). The molecule has 0 aromatic carbocycles. The van der Waals surface area contributed by atoms with Gasteiger partial charge in [0, 0.05) is 13.1 Å². The van der Waals surface area contributed by atoms with E-state index in [0.717, 1.165) is 0 Å². The van der Waals surface area contributed by atoms with Gasteiger partial charge in [0.25, 0.3) is 0 Å². The highest BCUT2D eigenvalue weighted by molar-refractivity contribution is 4.53. The number of rotatable bonds is 30. The molecule has 230 valence electrons. The third-order valence-electron chi connectivity index (χ3n) is 8.91. The highest BCUT2D eigenvalue weighted by Crippen LogP contribution is 2.14. The van der Waals surface area contributed by atoms with Crippen LogP contribution in [0.25, 0.3) is 0 Å². The van der Waals surface area contributed by atoms with Crippen molar-refractivity contribution < 1.29 is 8.97 Å². The SMILES string of the molecule is CCCCCCCCCCCCC[N+](C)(C)CCN(C)CC[N+](C)(C)CCCCCCCCCCCCC. The molecule has 0 aromatic rings. The summed E-state index contributed by atoms with van der Waals surface area (Å²) in [6, 6.07) is 0. The molecule has 0 saturated carbocycles. The second-order valence-electron chi connectivity index (χ2n) is 14.1. The molecule has 0 saturated heterocycles. The summed E-state index contributed by atoms with van der Waals surface area (Å²) >= 11 is 0. The molecule has 0 N–H and O–H groups in total. The van der Waals surface area contributed by atoms with E-state index in [4.69, 9.17) is 0 Å². The molecule has 0 aromatic heterocycles. The van der Waals surface area contributed by atoms with Gasteiger partial charge in [0.15, 0.2) is 0 Å². The van der Waals surface area contributed by atoms with Crippen LogP contribution in [0, 0.1) is 0 Å². The lowest BCUT2D eigenvalue weighted by atomic mass is 10.1. The zero-order valence-corrected chi connectivity index (χ0v) is 28.1. The molecule has 3 heteroatoms. The number of quaternary nitrogens is 2. The van der Waals surface area contributed by atoms with Crippen molar-refractivity contribution in [3.05, 3.63) is 0 Å². The maximum atomic E-state index is 2.58. The summed E-state index contributed by atoms with van der Waals surface area (Å²) in [6.45, 7) is 12.3. The van der Waals surface area contributed by atoms with Gasteiger partial charge < -0.3 is 8.97 Å². The maximum Gasteiger partial charge on any atom is 0.0911 e. The summed E-state index contributed by atoms with van der Waals surface area (Å²) < 4.78 is 2.36. The van der Waals surface area contributed by atoms with E-state index in [1.54, 1.807) is 0 Å². The molecule has 0 heterocycles. The largest absolute Gasteiger partial charge is 0.327 e. The Bertz CT molecular complexity index is 432. The van der Waals surface area contributed by atoms with E-state index in [1.165, 1.54) is 189 Å². The Labute approximate surface area is 243 Å². The minimum atomic E-state index is 1.18. The summed E-state index contributed by atoms with van der Waals surface area (Å²) in [5, 5.41) is 0. The third-order valence-corrected chi connectivity index (χ3v) is 8.91. The Hall–Kier alpha value is -0.120. The normalized spacial score (nSPS) is 12.6. The molecule has 0 atom stereocenters. The molecule has 0 bridgehead atoms. The van der Waals surface area contributed by atoms with Gasteiger partial charge in [0.05, 0.1) is 54.4 Å². The Morgan fingerprint density at radius 2 is 0.579 bits per heavy atom. The minimum absolute atomic E-state index is 1.18. The van der Waals surface area contributed by atoms with Crippen LogP contribution in [0.1, 0.15) is 155 Å². The van der Waals surface area contributed by atoms with Crippen LogP contribution in [0.3, 0.4) is 0 Å². The van der Waals surface area contributed by atoms with Crippen LogP contribution in [0.2, 0.25) is 0 Å². The van der Waals surface area contributed by atoms with Gasteiger partial charge >= 0.3 is 0 Å². The number of nitrogens with zero attached hydrogens (tertiary/aromatic N) is 3. The van der Waals surface area contributed by atoms with Crippen LogP contribution in [0.4, 0.5) is 0 Å². The zero-order valence-electron chi connectivity index (χ0n) is 28.1. The van der Waals surface area contributed by atoms with E-state index in [0.29, 0.717) is 0 Å². The van der Waals surface area contributed by atoms with Crippen LogP contribution >= 0.6 is 0 Å². The monoisotopic (exact) mass is 540 g/mol. The summed E-state index contributed by atoms with van der Waals surface area (Å²) in [7, 11) is 12.1. The van der Waals surface area contributed by atoms with E-state index < -0.39 is 0 Å². The molecule has 0 aliphatic heterocycles. The first-order valence-electron chi connectivity index (χ1n) is 17.5. The van der Waals surface area contributed by atoms with Crippen molar-refractivity contribution in [2.24, 2.45) is 0 Å². The Balaban J connectivity index is 3.69. The molecule has 38 heavy (non-hydrogen) atoms. The first kappa shape index (κ1) is 37.9. The average Bonchev–Trinajstić information content (AvgIpc) is 2.88. The Kier molecular flexibility index (Phi) is 25.7. The molecule has 0 unspecified atom stereocenters. The van der Waals surface area contributed by atoms with Crippen LogP contribution in [-0.2, 0) is 0 Å². The lowest BCUT2D eigenvalue weighted by Crippen LogP contribution is -2.48. The van der Waals surface area contributed by atoms with Crippen LogP contribution in [0.15, 0.2) is 0 Å². The van der Waals surface area contributed by atoms with Crippen LogP contribution in [-0.4, -0.2) is 88.4 Å². The topological polar surface area (TPSA) is 3.24 Å². The number of likely N-dealkylation sites (N-methyl/N-ethyl adjacent to an activating group) is 3. The third kappa shape index (κ3) is 27.4. The standard InChI is InChI=1S/C35H77N3/c1-8-10-12-14-16-18-20-22-24-26-28-32-37(4,5)34-30-36(3)31-35-38(6,7)33-29-27-25-23-21-19-17-15-13-11-9-2/h8-35H2,1-7H3/q+2. The minimum Gasteiger partial charge on any atom is -0.327 e. The van der Waals surface area contributed by atoms with Gasteiger partial charge in [-0.2, -0.15) is 0 Å². The van der Waals surface area contributed by atoms with Gasteiger partial charge in [-0.15, -0.1) is 0 Å². The molecule has 0 spiro atoms. The smallest absolute Gasteiger partial charge is 0.0911 e. The lowest BCUT2D eigenvalue weighted by Gasteiger charge is -2.34. The van der Waals surface area contributed by atoms with E-state index in [-0.39, 0.29) is 0 Å². The fourth-order valence-corrected chi connectivity index (χ4v) is 5.63. The van der Waals surface area contributed by atoms with Crippen molar-refractivity contribution >= 4 is 0 Å². The highest BCUT2D eigenvalue weighted by Gasteiger charge is 2.18. The number of unbranched alkanes of at least 4 members (excludes halogenated alkanes) is 20. The highest BCUT2D eigenvalue weighted by atomic mass is 15.3. The van der Waals surface area contributed by atoms with Gasteiger partial charge in [-0.25, -0.2) is 0 Å².